The molecular weight excluding hydrogens is 200 g/mol. The summed E-state index contributed by atoms with van der Waals surface area (Å²) in [4.78, 5) is 23.6. The highest BCUT2D eigenvalue weighted by Gasteiger charge is 2.23. The number of likely N-dealkylation sites (N-methyl/N-ethyl adjacent to an activating group) is 1. The van der Waals surface area contributed by atoms with Crippen LogP contribution in [0.4, 0.5) is 4.79 Å². The highest BCUT2D eigenvalue weighted by atomic mass is 16.5. The smallest absolute Gasteiger partial charge is 0.407 e. The fourth-order valence-electron chi connectivity index (χ4n) is 1.26. The molecule has 1 heterocycles. The second kappa shape index (κ2) is 5.55. The van der Waals surface area contributed by atoms with E-state index >= 15 is 0 Å². The molecule has 0 saturated carbocycles. The zero-order valence-electron chi connectivity index (χ0n) is 8.99. The second-order valence-electron chi connectivity index (χ2n) is 3.31. The average molecular weight is 216 g/mol. The van der Waals surface area contributed by atoms with Gasteiger partial charge in [0.15, 0.2) is 0 Å². The van der Waals surface area contributed by atoms with Crippen LogP contribution in [0.15, 0.2) is 0 Å². The summed E-state index contributed by atoms with van der Waals surface area (Å²) in [5.74, 6) is -0.0395. The maximum Gasteiger partial charge on any atom is 0.407 e. The molecule has 1 aliphatic heterocycles. The third-order valence-electron chi connectivity index (χ3n) is 2.10. The van der Waals surface area contributed by atoms with Crippen molar-refractivity contribution in [3.05, 3.63) is 0 Å². The van der Waals surface area contributed by atoms with Gasteiger partial charge in [-0.25, -0.2) is 4.79 Å². The molecular formula is C9H16N2O4. The summed E-state index contributed by atoms with van der Waals surface area (Å²) in [5, 5.41) is 2.56. The number of amides is 2. The van der Waals surface area contributed by atoms with Crippen molar-refractivity contribution >= 4 is 12.0 Å². The van der Waals surface area contributed by atoms with Crippen LogP contribution in [-0.4, -0.2) is 56.4 Å². The molecule has 0 aliphatic carbocycles. The van der Waals surface area contributed by atoms with Gasteiger partial charge >= 0.3 is 6.09 Å². The van der Waals surface area contributed by atoms with Gasteiger partial charge < -0.3 is 19.7 Å². The molecule has 1 N–H and O–H groups in total. The van der Waals surface area contributed by atoms with Gasteiger partial charge in [0.2, 0.25) is 5.91 Å². The molecule has 1 rings (SSSR count). The topological polar surface area (TPSA) is 67.9 Å². The van der Waals surface area contributed by atoms with Crippen LogP contribution in [0.25, 0.3) is 0 Å². The minimum Gasteiger partial charge on any atom is -0.450 e. The maximum atomic E-state index is 11.1. The van der Waals surface area contributed by atoms with Crippen LogP contribution in [-0.2, 0) is 14.3 Å². The zero-order chi connectivity index (χ0) is 11.3. The standard InChI is InChI=1S/C9H16N2O4/c1-3-14-9(13)10-4-7-5-11(2)8(12)6-15-7/h7H,3-6H2,1-2H3,(H,10,13). The van der Waals surface area contributed by atoms with Gasteiger partial charge in [0.1, 0.15) is 6.61 Å². The van der Waals surface area contributed by atoms with E-state index in [-0.39, 0.29) is 18.6 Å². The first-order valence-corrected chi connectivity index (χ1v) is 4.89. The average Bonchev–Trinajstić information content (AvgIpc) is 2.20. The van der Waals surface area contributed by atoms with Gasteiger partial charge in [-0.15, -0.1) is 0 Å². The molecule has 1 atom stereocenters. The molecule has 1 saturated heterocycles. The summed E-state index contributed by atoms with van der Waals surface area (Å²) in [7, 11) is 1.71. The molecule has 0 aromatic carbocycles. The number of hydrogen-bond acceptors (Lipinski definition) is 4. The summed E-state index contributed by atoms with van der Waals surface area (Å²) in [6.45, 7) is 3.01. The largest absolute Gasteiger partial charge is 0.450 e. The van der Waals surface area contributed by atoms with Crippen LogP contribution >= 0.6 is 0 Å². The van der Waals surface area contributed by atoms with Crippen molar-refractivity contribution in [2.24, 2.45) is 0 Å². The van der Waals surface area contributed by atoms with E-state index in [1.54, 1.807) is 18.9 Å². The number of carbonyl (C=O) groups excluding carboxylic acids is 2. The lowest BCUT2D eigenvalue weighted by Crippen LogP contribution is -2.48. The van der Waals surface area contributed by atoms with Gasteiger partial charge in [0, 0.05) is 20.1 Å². The van der Waals surface area contributed by atoms with Crippen molar-refractivity contribution in [1.29, 1.82) is 0 Å². The number of carbonyl (C=O) groups is 2. The molecule has 0 bridgehead atoms. The van der Waals surface area contributed by atoms with Crippen LogP contribution in [0.1, 0.15) is 6.92 Å². The number of nitrogens with zero attached hydrogens (tertiary/aromatic N) is 1. The Bertz CT molecular complexity index is 244. The fraction of sp³-hybridized carbons (Fsp3) is 0.778. The fourth-order valence-corrected chi connectivity index (χ4v) is 1.26. The number of rotatable bonds is 3. The summed E-state index contributed by atoms with van der Waals surface area (Å²) in [6.07, 6.45) is -0.613. The van der Waals surface area contributed by atoms with Crippen molar-refractivity contribution < 1.29 is 19.1 Å². The van der Waals surface area contributed by atoms with E-state index in [0.29, 0.717) is 19.7 Å². The van der Waals surface area contributed by atoms with Crippen LogP contribution in [0.3, 0.4) is 0 Å². The van der Waals surface area contributed by atoms with E-state index in [1.165, 1.54) is 0 Å². The van der Waals surface area contributed by atoms with Crippen molar-refractivity contribution in [2.45, 2.75) is 13.0 Å². The number of ether oxygens (including phenoxy) is 2. The molecule has 0 radical (unpaired) electrons. The normalized spacial score (nSPS) is 21.3. The first-order chi connectivity index (χ1) is 7.13. The third kappa shape index (κ3) is 3.75. The second-order valence-corrected chi connectivity index (χ2v) is 3.31. The van der Waals surface area contributed by atoms with E-state index in [2.05, 4.69) is 5.32 Å². The maximum absolute atomic E-state index is 11.1. The van der Waals surface area contributed by atoms with Gasteiger partial charge in [-0.05, 0) is 6.92 Å². The molecule has 1 unspecified atom stereocenters. The molecule has 6 nitrogen and oxygen atoms in total. The molecule has 1 fully saturated rings. The Morgan fingerprint density at radius 3 is 3.07 bits per heavy atom. The Hall–Kier alpha value is -1.30. The van der Waals surface area contributed by atoms with Gasteiger partial charge in [0.25, 0.3) is 0 Å². The highest BCUT2D eigenvalue weighted by molar-refractivity contribution is 5.77. The Balaban J connectivity index is 2.22. The van der Waals surface area contributed by atoms with Crippen molar-refractivity contribution in [2.75, 3.05) is 33.4 Å². The predicted octanol–water partition coefficient (Wildman–Crippen LogP) is -0.410. The summed E-state index contributed by atoms with van der Waals surface area (Å²) < 4.78 is 9.92. The number of nitrogens with one attached hydrogen (secondary N) is 1. The van der Waals surface area contributed by atoms with Gasteiger partial charge in [-0.2, -0.15) is 0 Å². The van der Waals surface area contributed by atoms with Crippen molar-refractivity contribution in [3.63, 3.8) is 0 Å². The predicted molar refractivity (Wildman–Crippen MR) is 52.4 cm³/mol. The Morgan fingerprint density at radius 1 is 1.73 bits per heavy atom. The number of morpholine rings is 1. The molecule has 15 heavy (non-hydrogen) atoms. The molecule has 0 aromatic rings. The summed E-state index contributed by atoms with van der Waals surface area (Å²) in [5.41, 5.74) is 0. The highest BCUT2D eigenvalue weighted by Crippen LogP contribution is 2.02. The van der Waals surface area contributed by atoms with Crippen molar-refractivity contribution in [3.8, 4) is 0 Å². The lowest BCUT2D eigenvalue weighted by atomic mass is 10.3. The van der Waals surface area contributed by atoms with E-state index in [1.807, 2.05) is 0 Å². The third-order valence-corrected chi connectivity index (χ3v) is 2.10. The van der Waals surface area contributed by atoms with Crippen LogP contribution in [0, 0.1) is 0 Å². The number of alkyl carbamates (subject to hydrolysis) is 1. The molecule has 86 valence electrons. The Morgan fingerprint density at radius 2 is 2.47 bits per heavy atom. The SMILES string of the molecule is CCOC(=O)NCC1CN(C)C(=O)CO1. The van der Waals surface area contributed by atoms with E-state index in [9.17, 15) is 9.59 Å². The lowest BCUT2D eigenvalue weighted by molar-refractivity contribution is -0.146. The van der Waals surface area contributed by atoms with E-state index in [4.69, 9.17) is 9.47 Å². The van der Waals surface area contributed by atoms with Crippen LogP contribution in [0.5, 0.6) is 0 Å². The molecule has 2 amide bonds. The zero-order valence-corrected chi connectivity index (χ0v) is 8.99. The van der Waals surface area contributed by atoms with Gasteiger partial charge in [-0.1, -0.05) is 0 Å². The lowest BCUT2D eigenvalue weighted by Gasteiger charge is -2.29. The van der Waals surface area contributed by atoms with E-state index in [0.717, 1.165) is 0 Å². The minimum absolute atomic E-state index is 0.0395. The number of hydrogen-bond donors (Lipinski definition) is 1. The minimum atomic E-state index is -0.458. The Labute approximate surface area is 88.5 Å². The molecule has 1 aliphatic rings. The van der Waals surface area contributed by atoms with E-state index < -0.39 is 6.09 Å². The Kier molecular flexibility index (Phi) is 4.36. The first-order valence-electron chi connectivity index (χ1n) is 4.89. The quantitative estimate of drug-likeness (QED) is 0.696. The van der Waals surface area contributed by atoms with Crippen LogP contribution < -0.4 is 5.32 Å². The summed E-state index contributed by atoms with van der Waals surface area (Å²) in [6, 6.07) is 0. The monoisotopic (exact) mass is 216 g/mol. The molecule has 6 heteroatoms. The first kappa shape index (κ1) is 11.8. The van der Waals surface area contributed by atoms with Crippen molar-refractivity contribution in [1.82, 2.24) is 10.2 Å². The van der Waals surface area contributed by atoms with Crippen LogP contribution in [0.2, 0.25) is 0 Å². The van der Waals surface area contributed by atoms with Gasteiger partial charge in [-0.3, -0.25) is 4.79 Å². The summed E-state index contributed by atoms with van der Waals surface area (Å²) >= 11 is 0. The molecule has 0 spiro atoms. The molecule has 0 aromatic heterocycles. The van der Waals surface area contributed by atoms with Gasteiger partial charge in [0.05, 0.1) is 12.7 Å².